The molecule has 0 saturated carbocycles. The first kappa shape index (κ1) is 12.6. The van der Waals surface area contributed by atoms with Gasteiger partial charge in [0.2, 0.25) is 5.91 Å². The molecular formula is C13H14FNO3S. The van der Waals surface area contributed by atoms with Gasteiger partial charge in [-0.1, -0.05) is 6.07 Å². The minimum atomic E-state index is -3.08. The zero-order valence-electron chi connectivity index (χ0n) is 10.5. The molecule has 3 rings (SSSR count). The van der Waals surface area contributed by atoms with Crippen molar-refractivity contribution in [3.05, 3.63) is 29.6 Å². The van der Waals surface area contributed by atoms with Gasteiger partial charge in [0.1, 0.15) is 5.82 Å². The topological polar surface area (TPSA) is 54.5 Å². The Morgan fingerprint density at radius 1 is 1.32 bits per heavy atom. The Morgan fingerprint density at radius 3 is 2.79 bits per heavy atom. The Balaban J connectivity index is 2.04. The van der Waals surface area contributed by atoms with Crippen molar-refractivity contribution >= 4 is 21.4 Å². The van der Waals surface area contributed by atoms with Crippen molar-refractivity contribution < 1.29 is 17.6 Å². The van der Waals surface area contributed by atoms with Crippen LogP contribution in [0.5, 0.6) is 0 Å². The second kappa shape index (κ2) is 4.03. The van der Waals surface area contributed by atoms with Crippen molar-refractivity contribution in [3.63, 3.8) is 0 Å². The molecule has 2 heterocycles. The van der Waals surface area contributed by atoms with Gasteiger partial charge in [-0.05, 0) is 24.6 Å². The predicted octanol–water partition coefficient (Wildman–Crippen LogP) is 1.28. The summed E-state index contributed by atoms with van der Waals surface area (Å²) < 4.78 is 36.7. The Morgan fingerprint density at radius 2 is 2.05 bits per heavy atom. The zero-order valence-corrected chi connectivity index (χ0v) is 11.3. The largest absolute Gasteiger partial charge is 0.308 e. The number of carbonyl (C=O) groups is 1. The SMILES string of the molecule is Cc1ccc(F)cc1N1C(=O)CC2CS(=O)(=O)CC21. The van der Waals surface area contributed by atoms with Crippen molar-refractivity contribution in [2.24, 2.45) is 5.92 Å². The van der Waals surface area contributed by atoms with E-state index in [-0.39, 0.29) is 35.8 Å². The van der Waals surface area contributed by atoms with Crippen LogP contribution >= 0.6 is 0 Å². The molecule has 2 saturated heterocycles. The highest BCUT2D eigenvalue weighted by Crippen LogP contribution is 2.38. The van der Waals surface area contributed by atoms with Crippen LogP contribution in [0.1, 0.15) is 12.0 Å². The number of benzene rings is 1. The van der Waals surface area contributed by atoms with Crippen LogP contribution in [0.15, 0.2) is 18.2 Å². The van der Waals surface area contributed by atoms with Crippen molar-refractivity contribution in [1.29, 1.82) is 0 Å². The van der Waals surface area contributed by atoms with E-state index in [4.69, 9.17) is 0 Å². The summed E-state index contributed by atoms with van der Waals surface area (Å²) in [6.45, 7) is 1.79. The van der Waals surface area contributed by atoms with Crippen LogP contribution in [0.25, 0.3) is 0 Å². The van der Waals surface area contributed by atoms with Crippen LogP contribution in [0.4, 0.5) is 10.1 Å². The first-order valence-electron chi connectivity index (χ1n) is 6.16. The number of hydrogen-bond donors (Lipinski definition) is 0. The number of sulfone groups is 1. The number of amides is 1. The molecular weight excluding hydrogens is 269 g/mol. The summed E-state index contributed by atoms with van der Waals surface area (Å²) in [7, 11) is -3.08. The average molecular weight is 283 g/mol. The third-order valence-electron chi connectivity index (χ3n) is 3.90. The Labute approximate surface area is 111 Å². The van der Waals surface area contributed by atoms with Gasteiger partial charge in [-0.25, -0.2) is 12.8 Å². The molecule has 1 aromatic rings. The smallest absolute Gasteiger partial charge is 0.227 e. The third kappa shape index (κ3) is 2.04. The van der Waals surface area contributed by atoms with E-state index in [0.717, 1.165) is 5.56 Å². The van der Waals surface area contributed by atoms with Gasteiger partial charge >= 0.3 is 0 Å². The fraction of sp³-hybridized carbons (Fsp3) is 0.462. The monoisotopic (exact) mass is 283 g/mol. The zero-order chi connectivity index (χ0) is 13.8. The van der Waals surface area contributed by atoms with E-state index in [2.05, 4.69) is 0 Å². The van der Waals surface area contributed by atoms with E-state index in [9.17, 15) is 17.6 Å². The molecule has 0 spiro atoms. The van der Waals surface area contributed by atoms with Crippen LogP contribution in [0.3, 0.4) is 0 Å². The van der Waals surface area contributed by atoms with Gasteiger partial charge in [-0.3, -0.25) is 4.79 Å². The van der Waals surface area contributed by atoms with Gasteiger partial charge in [0, 0.05) is 18.0 Å². The first-order valence-corrected chi connectivity index (χ1v) is 7.98. The molecule has 2 aliphatic heterocycles. The van der Waals surface area contributed by atoms with Crippen LogP contribution < -0.4 is 4.90 Å². The molecule has 19 heavy (non-hydrogen) atoms. The van der Waals surface area contributed by atoms with Gasteiger partial charge < -0.3 is 4.90 Å². The van der Waals surface area contributed by atoms with E-state index in [0.29, 0.717) is 5.69 Å². The minimum Gasteiger partial charge on any atom is -0.308 e. The summed E-state index contributed by atoms with van der Waals surface area (Å²) in [5.41, 5.74) is 1.27. The average Bonchev–Trinajstić information content (AvgIpc) is 2.73. The molecule has 102 valence electrons. The van der Waals surface area contributed by atoms with Crippen molar-refractivity contribution in [3.8, 4) is 0 Å². The molecule has 6 heteroatoms. The first-order chi connectivity index (χ1) is 8.87. The van der Waals surface area contributed by atoms with Crippen molar-refractivity contribution in [2.45, 2.75) is 19.4 Å². The summed E-state index contributed by atoms with van der Waals surface area (Å²) in [6.07, 6.45) is 0.236. The van der Waals surface area contributed by atoms with Gasteiger partial charge in [-0.15, -0.1) is 0 Å². The number of fused-ring (bicyclic) bond motifs is 1. The molecule has 0 N–H and O–H groups in total. The van der Waals surface area contributed by atoms with Gasteiger partial charge in [0.15, 0.2) is 9.84 Å². The number of nitrogens with zero attached hydrogens (tertiary/aromatic N) is 1. The molecule has 0 aliphatic carbocycles. The molecule has 2 atom stereocenters. The standard InChI is InChI=1S/C13H14FNO3S/c1-8-2-3-10(14)5-11(8)15-12-7-19(17,18)6-9(12)4-13(15)16/h2-3,5,9,12H,4,6-7H2,1H3. The highest BCUT2D eigenvalue weighted by molar-refractivity contribution is 7.91. The van der Waals surface area contributed by atoms with Gasteiger partial charge in [-0.2, -0.15) is 0 Å². The number of rotatable bonds is 1. The van der Waals surface area contributed by atoms with E-state index >= 15 is 0 Å². The van der Waals surface area contributed by atoms with Gasteiger partial charge in [0.05, 0.1) is 17.5 Å². The number of hydrogen-bond acceptors (Lipinski definition) is 3. The molecule has 0 bridgehead atoms. The number of carbonyl (C=O) groups excluding carboxylic acids is 1. The van der Waals surface area contributed by atoms with Crippen molar-refractivity contribution in [1.82, 2.24) is 0 Å². The maximum atomic E-state index is 13.4. The van der Waals surface area contributed by atoms with Gasteiger partial charge in [0.25, 0.3) is 0 Å². The molecule has 0 aromatic heterocycles. The predicted molar refractivity (Wildman–Crippen MR) is 69.2 cm³/mol. The molecule has 1 amide bonds. The summed E-state index contributed by atoms with van der Waals surface area (Å²) >= 11 is 0. The summed E-state index contributed by atoms with van der Waals surface area (Å²) in [5, 5.41) is 0. The van der Waals surface area contributed by atoms with Crippen LogP contribution in [0, 0.1) is 18.7 Å². The molecule has 2 fully saturated rings. The molecule has 0 radical (unpaired) electrons. The summed E-state index contributed by atoms with van der Waals surface area (Å²) in [6, 6.07) is 3.91. The molecule has 2 aliphatic rings. The Bertz CT molecular complexity index is 656. The Kier molecular flexibility index (Phi) is 2.67. The second-order valence-electron chi connectivity index (χ2n) is 5.30. The van der Waals surface area contributed by atoms with E-state index in [1.165, 1.54) is 17.0 Å². The lowest BCUT2D eigenvalue weighted by molar-refractivity contribution is -0.117. The van der Waals surface area contributed by atoms with Crippen molar-refractivity contribution in [2.75, 3.05) is 16.4 Å². The fourth-order valence-electron chi connectivity index (χ4n) is 3.04. The highest BCUT2D eigenvalue weighted by atomic mass is 32.2. The summed E-state index contributed by atoms with van der Waals surface area (Å²) in [4.78, 5) is 13.6. The maximum Gasteiger partial charge on any atom is 0.227 e. The number of anilines is 1. The lowest BCUT2D eigenvalue weighted by Crippen LogP contribution is -2.36. The van der Waals surface area contributed by atoms with Crippen LogP contribution in [0.2, 0.25) is 0 Å². The third-order valence-corrected chi connectivity index (χ3v) is 5.69. The minimum absolute atomic E-state index is 0.0145. The Hall–Kier alpha value is -1.43. The molecule has 4 nitrogen and oxygen atoms in total. The lowest BCUT2D eigenvalue weighted by atomic mass is 10.0. The number of halogens is 1. The molecule has 1 aromatic carbocycles. The van der Waals surface area contributed by atoms with Crippen LogP contribution in [-0.4, -0.2) is 31.9 Å². The highest BCUT2D eigenvalue weighted by Gasteiger charge is 2.49. The van der Waals surface area contributed by atoms with E-state index < -0.39 is 15.7 Å². The van der Waals surface area contributed by atoms with E-state index in [1.54, 1.807) is 13.0 Å². The lowest BCUT2D eigenvalue weighted by Gasteiger charge is -2.25. The maximum absolute atomic E-state index is 13.4. The number of aryl methyl sites for hydroxylation is 1. The van der Waals surface area contributed by atoms with E-state index in [1.807, 2.05) is 0 Å². The second-order valence-corrected chi connectivity index (χ2v) is 7.46. The molecule has 2 unspecified atom stereocenters. The normalized spacial score (nSPS) is 28.7. The summed E-state index contributed by atoms with van der Waals surface area (Å²) in [5.74, 6) is -0.635. The van der Waals surface area contributed by atoms with Crippen LogP contribution in [-0.2, 0) is 14.6 Å². The quantitative estimate of drug-likeness (QED) is 0.780. The fourth-order valence-corrected chi connectivity index (χ4v) is 5.11.